The van der Waals surface area contributed by atoms with Gasteiger partial charge in [-0.25, -0.2) is 8.42 Å². The number of amides is 1. The van der Waals surface area contributed by atoms with Gasteiger partial charge in [-0.2, -0.15) is 0 Å². The summed E-state index contributed by atoms with van der Waals surface area (Å²) in [5.74, 6) is 0.239. The molecule has 0 aliphatic rings. The van der Waals surface area contributed by atoms with E-state index in [1.165, 1.54) is 18.2 Å². The molecule has 0 heterocycles. The van der Waals surface area contributed by atoms with E-state index < -0.39 is 22.5 Å². The van der Waals surface area contributed by atoms with Crippen molar-refractivity contribution >= 4 is 44.0 Å². The van der Waals surface area contributed by atoms with Crippen LogP contribution in [0.5, 0.6) is 5.75 Å². The molecule has 0 unspecified atom stereocenters. The van der Waals surface area contributed by atoms with E-state index in [0.29, 0.717) is 16.5 Å². The molecule has 35 heavy (non-hydrogen) atoms. The number of aryl methyl sites for hydroxylation is 1. The Hall–Kier alpha value is -3.55. The minimum Gasteiger partial charge on any atom is -0.492 e. The van der Waals surface area contributed by atoms with Crippen LogP contribution in [0.25, 0.3) is 10.8 Å². The fraction of sp³-hybridized carbons (Fsp3) is 0.148. The molecule has 0 aliphatic heterocycles. The molecular formula is C27H25ClN2O4S. The third-order valence-corrected chi connectivity index (χ3v) is 7.43. The van der Waals surface area contributed by atoms with E-state index in [9.17, 15) is 13.2 Å². The number of hydrogen-bond donors (Lipinski definition) is 1. The van der Waals surface area contributed by atoms with Gasteiger partial charge in [0.25, 0.3) is 10.0 Å². The van der Waals surface area contributed by atoms with Gasteiger partial charge in [0.15, 0.2) is 0 Å². The van der Waals surface area contributed by atoms with E-state index >= 15 is 0 Å². The summed E-state index contributed by atoms with van der Waals surface area (Å²) in [6.45, 7) is 1.94. The molecule has 0 fully saturated rings. The minimum atomic E-state index is -3.99. The van der Waals surface area contributed by atoms with Crippen molar-refractivity contribution in [2.45, 2.75) is 11.8 Å². The highest BCUT2D eigenvalue weighted by atomic mass is 35.5. The van der Waals surface area contributed by atoms with Crippen LogP contribution >= 0.6 is 11.6 Å². The topological polar surface area (TPSA) is 75.7 Å². The summed E-state index contributed by atoms with van der Waals surface area (Å²) in [7, 11) is -3.99. The second-order valence-electron chi connectivity index (χ2n) is 8.01. The smallest absolute Gasteiger partial charge is 0.264 e. The quantitative estimate of drug-likeness (QED) is 0.316. The molecule has 6 nitrogen and oxygen atoms in total. The number of rotatable bonds is 9. The van der Waals surface area contributed by atoms with E-state index in [-0.39, 0.29) is 18.0 Å². The molecule has 1 amide bonds. The summed E-state index contributed by atoms with van der Waals surface area (Å²) in [6, 6.07) is 26.6. The standard InChI is InChI=1S/C27H25ClN2O4S/c1-20-9-13-26(14-10-20)35(32,33)30(24-8-4-7-23(28)18-24)19-27(31)29-15-16-34-25-12-11-21-5-2-3-6-22(21)17-25/h2-14,17-18H,15-16,19H2,1H3,(H,29,31). The number of nitrogens with one attached hydrogen (secondary N) is 1. The van der Waals surface area contributed by atoms with Crippen LogP contribution in [0.3, 0.4) is 0 Å². The van der Waals surface area contributed by atoms with Gasteiger partial charge in [-0.3, -0.25) is 9.10 Å². The second kappa shape index (κ2) is 10.8. The van der Waals surface area contributed by atoms with Gasteiger partial charge < -0.3 is 10.1 Å². The lowest BCUT2D eigenvalue weighted by atomic mass is 10.1. The Morgan fingerprint density at radius 3 is 2.40 bits per heavy atom. The number of hydrogen-bond acceptors (Lipinski definition) is 4. The van der Waals surface area contributed by atoms with Crippen LogP contribution in [0, 0.1) is 6.92 Å². The van der Waals surface area contributed by atoms with Crippen LogP contribution < -0.4 is 14.4 Å². The van der Waals surface area contributed by atoms with Gasteiger partial charge in [-0.15, -0.1) is 0 Å². The molecule has 0 bridgehead atoms. The molecule has 180 valence electrons. The Morgan fingerprint density at radius 2 is 1.66 bits per heavy atom. The fourth-order valence-corrected chi connectivity index (χ4v) is 5.18. The van der Waals surface area contributed by atoms with Crippen molar-refractivity contribution in [1.29, 1.82) is 0 Å². The van der Waals surface area contributed by atoms with Gasteiger partial charge in [-0.1, -0.05) is 65.7 Å². The Morgan fingerprint density at radius 1 is 0.914 bits per heavy atom. The number of carbonyl (C=O) groups is 1. The predicted molar refractivity (Wildman–Crippen MR) is 140 cm³/mol. The van der Waals surface area contributed by atoms with E-state index in [2.05, 4.69) is 5.32 Å². The average Bonchev–Trinajstić information content (AvgIpc) is 2.85. The first-order valence-electron chi connectivity index (χ1n) is 11.1. The molecule has 0 aliphatic carbocycles. The molecule has 8 heteroatoms. The first-order chi connectivity index (χ1) is 16.8. The zero-order valence-electron chi connectivity index (χ0n) is 19.1. The number of fused-ring (bicyclic) bond motifs is 1. The van der Waals surface area contributed by atoms with Crippen molar-refractivity contribution in [3.63, 3.8) is 0 Å². The molecule has 0 radical (unpaired) electrons. The summed E-state index contributed by atoms with van der Waals surface area (Å²) in [6.07, 6.45) is 0. The molecular weight excluding hydrogens is 484 g/mol. The fourth-order valence-electron chi connectivity index (χ4n) is 3.59. The van der Waals surface area contributed by atoms with Crippen molar-refractivity contribution in [3.8, 4) is 5.75 Å². The summed E-state index contributed by atoms with van der Waals surface area (Å²) in [5, 5.41) is 5.28. The zero-order valence-corrected chi connectivity index (χ0v) is 20.7. The molecule has 0 saturated carbocycles. The highest BCUT2D eigenvalue weighted by Gasteiger charge is 2.27. The Labute approximate surface area is 210 Å². The van der Waals surface area contributed by atoms with Gasteiger partial charge in [0.2, 0.25) is 5.91 Å². The molecule has 1 N–H and O–H groups in total. The third-order valence-electron chi connectivity index (χ3n) is 5.41. The average molecular weight is 509 g/mol. The first kappa shape index (κ1) is 24.6. The lowest BCUT2D eigenvalue weighted by Gasteiger charge is -2.24. The highest BCUT2D eigenvalue weighted by Crippen LogP contribution is 2.26. The lowest BCUT2D eigenvalue weighted by molar-refractivity contribution is -0.119. The number of ether oxygens (including phenoxy) is 1. The van der Waals surface area contributed by atoms with Crippen LogP contribution in [0.4, 0.5) is 5.69 Å². The Kier molecular flexibility index (Phi) is 7.58. The van der Waals surface area contributed by atoms with Crippen molar-refractivity contribution in [2.24, 2.45) is 0 Å². The van der Waals surface area contributed by atoms with Crippen LogP contribution in [0.1, 0.15) is 5.56 Å². The number of halogens is 1. The maximum Gasteiger partial charge on any atom is 0.264 e. The molecule has 0 spiro atoms. The van der Waals surface area contributed by atoms with Crippen molar-refractivity contribution in [3.05, 3.63) is 102 Å². The number of anilines is 1. The van der Waals surface area contributed by atoms with Crippen molar-refractivity contribution < 1.29 is 17.9 Å². The monoisotopic (exact) mass is 508 g/mol. The van der Waals surface area contributed by atoms with E-state index in [1.54, 1.807) is 30.3 Å². The highest BCUT2D eigenvalue weighted by molar-refractivity contribution is 7.92. The van der Waals surface area contributed by atoms with Crippen molar-refractivity contribution in [1.82, 2.24) is 5.32 Å². The number of carbonyl (C=O) groups excluding carboxylic acids is 1. The van der Waals surface area contributed by atoms with Gasteiger partial charge >= 0.3 is 0 Å². The Balaban J connectivity index is 1.42. The maximum atomic E-state index is 13.4. The summed E-state index contributed by atoms with van der Waals surface area (Å²) in [4.78, 5) is 12.8. The summed E-state index contributed by atoms with van der Waals surface area (Å²) in [5.41, 5.74) is 1.24. The molecule has 0 saturated heterocycles. The largest absolute Gasteiger partial charge is 0.492 e. The number of benzene rings is 4. The van der Waals surface area contributed by atoms with Crippen LogP contribution in [0.15, 0.2) is 95.9 Å². The summed E-state index contributed by atoms with van der Waals surface area (Å²) >= 11 is 6.10. The van der Waals surface area contributed by atoms with Gasteiger partial charge in [0, 0.05) is 5.02 Å². The molecule has 4 aromatic rings. The van der Waals surface area contributed by atoms with Gasteiger partial charge in [-0.05, 0) is 60.2 Å². The van der Waals surface area contributed by atoms with E-state index in [1.807, 2.05) is 49.4 Å². The van der Waals surface area contributed by atoms with Crippen molar-refractivity contribution in [2.75, 3.05) is 24.0 Å². The zero-order chi connectivity index (χ0) is 24.8. The summed E-state index contributed by atoms with van der Waals surface area (Å²) < 4.78 is 33.6. The third kappa shape index (κ3) is 6.12. The number of nitrogens with zero attached hydrogens (tertiary/aromatic N) is 1. The van der Waals surface area contributed by atoms with Crippen LogP contribution in [-0.4, -0.2) is 34.0 Å². The Bertz CT molecular complexity index is 1440. The van der Waals surface area contributed by atoms with Crippen LogP contribution in [-0.2, 0) is 14.8 Å². The number of sulfonamides is 1. The molecule has 4 rings (SSSR count). The maximum absolute atomic E-state index is 13.4. The van der Waals surface area contributed by atoms with Gasteiger partial charge in [0.05, 0.1) is 17.1 Å². The van der Waals surface area contributed by atoms with E-state index in [4.69, 9.17) is 16.3 Å². The first-order valence-corrected chi connectivity index (χ1v) is 12.9. The lowest BCUT2D eigenvalue weighted by Crippen LogP contribution is -2.41. The molecule has 4 aromatic carbocycles. The van der Waals surface area contributed by atoms with E-state index in [0.717, 1.165) is 20.6 Å². The SMILES string of the molecule is Cc1ccc(S(=O)(=O)N(CC(=O)NCCOc2ccc3ccccc3c2)c2cccc(Cl)c2)cc1. The predicted octanol–water partition coefficient (Wildman–Crippen LogP) is 5.19. The second-order valence-corrected chi connectivity index (χ2v) is 10.3. The molecule has 0 atom stereocenters. The normalized spacial score (nSPS) is 11.3. The minimum absolute atomic E-state index is 0.0931. The van der Waals surface area contributed by atoms with Gasteiger partial charge in [0.1, 0.15) is 18.9 Å². The molecule has 0 aromatic heterocycles. The van der Waals surface area contributed by atoms with Crippen LogP contribution in [0.2, 0.25) is 5.02 Å².